The fourth-order valence-corrected chi connectivity index (χ4v) is 2.99. The van der Waals surface area contributed by atoms with E-state index in [1.807, 2.05) is 24.0 Å². The number of hydrogen-bond donors (Lipinski definition) is 2. The summed E-state index contributed by atoms with van der Waals surface area (Å²) in [6.45, 7) is 8.49. The maximum atomic E-state index is 12.6. The van der Waals surface area contributed by atoms with Crippen LogP contribution in [-0.2, 0) is 9.53 Å². The van der Waals surface area contributed by atoms with Crippen LogP contribution >= 0.6 is 0 Å². The Morgan fingerprint density at radius 3 is 2.50 bits per heavy atom. The molecule has 1 saturated heterocycles. The van der Waals surface area contributed by atoms with Crippen LogP contribution in [0.2, 0.25) is 0 Å². The zero-order valence-electron chi connectivity index (χ0n) is 16.0. The van der Waals surface area contributed by atoms with E-state index in [-0.39, 0.29) is 11.9 Å². The van der Waals surface area contributed by atoms with Crippen LogP contribution < -0.4 is 10.6 Å². The number of hydrogen-bond acceptors (Lipinski definition) is 4. The fourth-order valence-electron chi connectivity index (χ4n) is 2.99. The summed E-state index contributed by atoms with van der Waals surface area (Å²) in [5.41, 5.74) is 2.37. The molecule has 2 N–H and O–H groups in total. The van der Waals surface area contributed by atoms with E-state index in [1.54, 1.807) is 13.2 Å². The minimum Gasteiger partial charge on any atom is -0.385 e. The van der Waals surface area contributed by atoms with Crippen LogP contribution in [0.3, 0.4) is 0 Å². The maximum absolute atomic E-state index is 12.6. The highest BCUT2D eigenvalue weighted by molar-refractivity contribution is 5.93. The smallest absolute Gasteiger partial charge is 0.321 e. The molecule has 0 saturated carbocycles. The molecule has 7 nitrogen and oxygen atoms in total. The molecule has 0 spiro atoms. The Balaban J connectivity index is 1.82. The van der Waals surface area contributed by atoms with Crippen LogP contribution in [0.4, 0.5) is 16.2 Å². The van der Waals surface area contributed by atoms with Crippen molar-refractivity contribution in [3.63, 3.8) is 0 Å². The number of aryl methyl sites for hydroxylation is 1. The quantitative estimate of drug-likeness (QED) is 0.731. The number of piperazine rings is 1. The minimum atomic E-state index is -0.132. The number of nitrogens with one attached hydrogen (secondary N) is 2. The molecule has 0 aliphatic carbocycles. The predicted molar refractivity (Wildman–Crippen MR) is 104 cm³/mol. The van der Waals surface area contributed by atoms with Crippen LogP contribution in [0, 0.1) is 6.92 Å². The van der Waals surface area contributed by atoms with E-state index in [2.05, 4.69) is 15.5 Å². The lowest BCUT2D eigenvalue weighted by Crippen LogP contribution is -2.50. The van der Waals surface area contributed by atoms with Crippen molar-refractivity contribution in [2.45, 2.75) is 26.7 Å². The number of urea groups is 1. The predicted octanol–water partition coefficient (Wildman–Crippen LogP) is 2.53. The van der Waals surface area contributed by atoms with Gasteiger partial charge in [0.2, 0.25) is 5.91 Å². The first-order valence-corrected chi connectivity index (χ1v) is 9.15. The van der Waals surface area contributed by atoms with Crippen LogP contribution in [0.5, 0.6) is 0 Å². The monoisotopic (exact) mass is 362 g/mol. The highest BCUT2D eigenvalue weighted by atomic mass is 16.5. The van der Waals surface area contributed by atoms with Gasteiger partial charge in [0, 0.05) is 58.2 Å². The second-order valence-corrected chi connectivity index (χ2v) is 6.67. The molecule has 2 rings (SSSR count). The van der Waals surface area contributed by atoms with Gasteiger partial charge in [0.05, 0.1) is 0 Å². The van der Waals surface area contributed by atoms with Crippen LogP contribution in [0.25, 0.3) is 0 Å². The standard InChI is InChI=1S/C19H30N4O3/c1-15-6-7-17(20-16(2)24)14-18(15)21-19(25)23-11-9-22(10-12-23)8-4-5-13-26-3/h6-7,14H,4-5,8-13H2,1-3H3,(H,20,24)(H,21,25). The van der Waals surface area contributed by atoms with Crippen molar-refractivity contribution in [2.24, 2.45) is 0 Å². The number of nitrogens with zero attached hydrogens (tertiary/aromatic N) is 2. The highest BCUT2D eigenvalue weighted by Gasteiger charge is 2.21. The van der Waals surface area contributed by atoms with Gasteiger partial charge >= 0.3 is 6.03 Å². The number of benzene rings is 1. The summed E-state index contributed by atoms with van der Waals surface area (Å²) in [7, 11) is 1.73. The SMILES string of the molecule is COCCCCN1CCN(C(=O)Nc2cc(NC(C)=O)ccc2C)CC1. The molecule has 0 unspecified atom stereocenters. The molecule has 26 heavy (non-hydrogen) atoms. The van der Waals surface area contributed by atoms with Gasteiger partial charge in [-0.2, -0.15) is 0 Å². The van der Waals surface area contributed by atoms with Crippen molar-refractivity contribution < 1.29 is 14.3 Å². The Morgan fingerprint density at radius 1 is 1.12 bits per heavy atom. The first-order valence-electron chi connectivity index (χ1n) is 9.15. The van der Waals surface area contributed by atoms with Crippen LogP contribution in [-0.4, -0.2) is 68.2 Å². The van der Waals surface area contributed by atoms with E-state index in [4.69, 9.17) is 4.74 Å². The van der Waals surface area contributed by atoms with E-state index in [1.165, 1.54) is 6.92 Å². The third-order valence-electron chi connectivity index (χ3n) is 4.53. The number of rotatable bonds is 7. The first-order chi connectivity index (χ1) is 12.5. The number of ether oxygens (including phenoxy) is 1. The highest BCUT2D eigenvalue weighted by Crippen LogP contribution is 2.21. The summed E-state index contributed by atoms with van der Waals surface area (Å²) < 4.78 is 5.07. The minimum absolute atomic E-state index is 0.0906. The lowest BCUT2D eigenvalue weighted by atomic mass is 10.2. The summed E-state index contributed by atoms with van der Waals surface area (Å²) >= 11 is 0. The second-order valence-electron chi connectivity index (χ2n) is 6.67. The van der Waals surface area contributed by atoms with Gasteiger partial charge in [-0.15, -0.1) is 0 Å². The summed E-state index contributed by atoms with van der Waals surface area (Å²) in [5.74, 6) is -0.132. The molecular formula is C19H30N4O3. The summed E-state index contributed by atoms with van der Waals surface area (Å²) in [4.78, 5) is 28.0. The Labute approximate surface area is 155 Å². The van der Waals surface area contributed by atoms with Gasteiger partial charge in [0.25, 0.3) is 0 Å². The summed E-state index contributed by atoms with van der Waals surface area (Å²) in [6, 6.07) is 5.42. The van der Waals surface area contributed by atoms with E-state index >= 15 is 0 Å². The molecule has 0 bridgehead atoms. The molecule has 0 atom stereocenters. The number of methoxy groups -OCH3 is 1. The molecule has 3 amide bonds. The van der Waals surface area contributed by atoms with Gasteiger partial charge in [-0.05, 0) is 44.0 Å². The molecule has 0 aromatic heterocycles. The average molecular weight is 362 g/mol. The van der Waals surface area contributed by atoms with Gasteiger partial charge in [-0.3, -0.25) is 9.69 Å². The lowest BCUT2D eigenvalue weighted by Gasteiger charge is -2.34. The second kappa shape index (κ2) is 10.1. The van der Waals surface area contributed by atoms with E-state index in [9.17, 15) is 9.59 Å². The zero-order valence-corrected chi connectivity index (χ0v) is 16.0. The van der Waals surface area contributed by atoms with Gasteiger partial charge in [0.15, 0.2) is 0 Å². The summed E-state index contributed by atoms with van der Waals surface area (Å²) in [5, 5.41) is 5.71. The topological polar surface area (TPSA) is 73.9 Å². The molecule has 1 aromatic carbocycles. The van der Waals surface area contributed by atoms with Crippen molar-refractivity contribution in [3.8, 4) is 0 Å². The van der Waals surface area contributed by atoms with E-state index in [0.717, 1.165) is 63.4 Å². The molecule has 1 heterocycles. The van der Waals surface area contributed by atoms with Crippen molar-refractivity contribution in [1.82, 2.24) is 9.80 Å². The van der Waals surface area contributed by atoms with Crippen molar-refractivity contribution >= 4 is 23.3 Å². The Kier molecular flexibility index (Phi) is 7.87. The van der Waals surface area contributed by atoms with Crippen molar-refractivity contribution in [3.05, 3.63) is 23.8 Å². The normalized spacial score (nSPS) is 15.0. The van der Waals surface area contributed by atoms with Crippen LogP contribution in [0.15, 0.2) is 18.2 Å². The number of carbonyl (C=O) groups is 2. The molecule has 1 aliphatic heterocycles. The average Bonchev–Trinajstić information content (AvgIpc) is 2.61. The lowest BCUT2D eigenvalue weighted by molar-refractivity contribution is -0.114. The molecule has 7 heteroatoms. The van der Waals surface area contributed by atoms with E-state index < -0.39 is 0 Å². The number of amides is 3. The first kappa shape index (κ1) is 20.2. The third kappa shape index (κ3) is 6.31. The molecule has 1 fully saturated rings. The van der Waals surface area contributed by atoms with Gasteiger partial charge in [-0.1, -0.05) is 6.07 Å². The van der Waals surface area contributed by atoms with E-state index in [0.29, 0.717) is 5.69 Å². The molecule has 144 valence electrons. The summed E-state index contributed by atoms with van der Waals surface area (Å²) in [6.07, 6.45) is 2.19. The van der Waals surface area contributed by atoms with Crippen molar-refractivity contribution in [1.29, 1.82) is 0 Å². The number of carbonyl (C=O) groups excluding carboxylic acids is 2. The molecule has 1 aliphatic rings. The molecular weight excluding hydrogens is 332 g/mol. The Hall–Kier alpha value is -2.12. The maximum Gasteiger partial charge on any atom is 0.321 e. The van der Waals surface area contributed by atoms with Gasteiger partial charge in [-0.25, -0.2) is 4.79 Å². The Bertz CT molecular complexity index is 613. The zero-order chi connectivity index (χ0) is 18.9. The van der Waals surface area contributed by atoms with Crippen LogP contribution in [0.1, 0.15) is 25.3 Å². The fraction of sp³-hybridized carbons (Fsp3) is 0.579. The Morgan fingerprint density at radius 2 is 1.85 bits per heavy atom. The third-order valence-corrected chi connectivity index (χ3v) is 4.53. The van der Waals surface area contributed by atoms with Gasteiger partial charge in [0.1, 0.15) is 0 Å². The van der Waals surface area contributed by atoms with Gasteiger partial charge < -0.3 is 20.3 Å². The molecule has 1 aromatic rings. The largest absolute Gasteiger partial charge is 0.385 e. The van der Waals surface area contributed by atoms with Crippen molar-refractivity contribution in [2.75, 3.05) is 57.1 Å². The number of anilines is 2. The number of unbranched alkanes of at least 4 members (excludes halogenated alkanes) is 1. The molecule has 0 radical (unpaired) electrons.